The van der Waals surface area contributed by atoms with Crippen LogP contribution in [0, 0.1) is 0 Å². The Balaban J connectivity index is 2.24. The van der Waals surface area contributed by atoms with Gasteiger partial charge in [0.1, 0.15) is 11.3 Å². The lowest BCUT2D eigenvalue weighted by Crippen LogP contribution is -2.11. The number of rotatable bonds is 5. The van der Waals surface area contributed by atoms with Crippen LogP contribution in [0.3, 0.4) is 0 Å². The van der Waals surface area contributed by atoms with Gasteiger partial charge < -0.3 is 15.2 Å². The molecule has 110 valence electrons. The van der Waals surface area contributed by atoms with Crippen molar-refractivity contribution < 1.29 is 14.6 Å². The van der Waals surface area contributed by atoms with Crippen LogP contribution in [0.5, 0.6) is 5.75 Å². The van der Waals surface area contributed by atoms with Crippen molar-refractivity contribution in [1.29, 1.82) is 0 Å². The lowest BCUT2D eigenvalue weighted by atomic mass is 10.1. The molecule has 0 radical (unpaired) electrons. The highest BCUT2D eigenvalue weighted by molar-refractivity contribution is 6.34. The summed E-state index contributed by atoms with van der Waals surface area (Å²) in [6.07, 6.45) is 0. The average Bonchev–Trinajstić information content (AvgIpc) is 2.47. The topological polar surface area (TPSA) is 58.6 Å². The highest BCUT2D eigenvalue weighted by Crippen LogP contribution is 2.28. The van der Waals surface area contributed by atoms with Crippen LogP contribution in [0.1, 0.15) is 28.9 Å². The molecular weight excluding hydrogens is 290 g/mol. The molecule has 0 aliphatic rings. The number of carbonyl (C=O) groups is 1. The molecule has 2 N–H and O–H groups in total. The monoisotopic (exact) mass is 305 g/mol. The zero-order valence-corrected chi connectivity index (χ0v) is 12.5. The summed E-state index contributed by atoms with van der Waals surface area (Å²) in [5, 5.41) is 12.7. The van der Waals surface area contributed by atoms with Crippen molar-refractivity contribution in [2.45, 2.75) is 13.0 Å². The van der Waals surface area contributed by atoms with E-state index in [2.05, 4.69) is 5.32 Å². The summed E-state index contributed by atoms with van der Waals surface area (Å²) in [7, 11) is 1.61. The predicted molar refractivity (Wildman–Crippen MR) is 83.4 cm³/mol. The lowest BCUT2D eigenvalue weighted by Gasteiger charge is -2.18. The molecule has 0 saturated heterocycles. The fourth-order valence-corrected chi connectivity index (χ4v) is 2.33. The Morgan fingerprint density at radius 2 is 1.90 bits per heavy atom. The molecular formula is C16H16ClNO3. The van der Waals surface area contributed by atoms with E-state index in [1.807, 2.05) is 31.2 Å². The van der Waals surface area contributed by atoms with Crippen LogP contribution >= 0.6 is 11.6 Å². The second kappa shape index (κ2) is 6.50. The minimum absolute atomic E-state index is 0.0625. The number of hydrogen-bond donors (Lipinski definition) is 2. The second-order valence-corrected chi connectivity index (χ2v) is 5.01. The van der Waals surface area contributed by atoms with Crippen molar-refractivity contribution in [1.82, 2.24) is 0 Å². The van der Waals surface area contributed by atoms with E-state index < -0.39 is 5.97 Å². The summed E-state index contributed by atoms with van der Waals surface area (Å²) in [4.78, 5) is 11.3. The van der Waals surface area contributed by atoms with Gasteiger partial charge in [0.05, 0.1) is 17.8 Å². The molecule has 0 amide bonds. The molecule has 0 heterocycles. The van der Waals surface area contributed by atoms with Gasteiger partial charge in [-0.05, 0) is 36.8 Å². The summed E-state index contributed by atoms with van der Waals surface area (Å²) >= 11 is 5.96. The third-order valence-electron chi connectivity index (χ3n) is 3.22. The molecule has 5 heteroatoms. The number of anilines is 1. The maximum Gasteiger partial charge on any atom is 0.339 e. The van der Waals surface area contributed by atoms with Crippen molar-refractivity contribution in [3.63, 3.8) is 0 Å². The van der Waals surface area contributed by atoms with Gasteiger partial charge in [0, 0.05) is 6.04 Å². The Morgan fingerprint density at radius 3 is 2.48 bits per heavy atom. The molecule has 21 heavy (non-hydrogen) atoms. The van der Waals surface area contributed by atoms with Crippen LogP contribution in [0.4, 0.5) is 5.69 Å². The third kappa shape index (κ3) is 3.47. The van der Waals surface area contributed by atoms with E-state index in [9.17, 15) is 9.90 Å². The van der Waals surface area contributed by atoms with Crippen molar-refractivity contribution in [3.05, 3.63) is 58.6 Å². The van der Waals surface area contributed by atoms with E-state index >= 15 is 0 Å². The van der Waals surface area contributed by atoms with Crippen molar-refractivity contribution in [3.8, 4) is 5.75 Å². The smallest absolute Gasteiger partial charge is 0.339 e. The SMILES string of the molecule is COc1ccc(C(C)Nc2cccc(Cl)c2C(=O)O)cc1. The number of aromatic carboxylic acids is 1. The molecule has 2 aromatic rings. The van der Waals surface area contributed by atoms with Gasteiger partial charge in [-0.2, -0.15) is 0 Å². The van der Waals surface area contributed by atoms with E-state index in [4.69, 9.17) is 16.3 Å². The minimum atomic E-state index is -1.05. The van der Waals surface area contributed by atoms with E-state index in [1.54, 1.807) is 25.3 Å². The molecule has 0 aromatic heterocycles. The number of halogens is 1. The van der Waals surface area contributed by atoms with Crippen LogP contribution in [-0.2, 0) is 0 Å². The van der Waals surface area contributed by atoms with Crippen LogP contribution in [0.15, 0.2) is 42.5 Å². The van der Waals surface area contributed by atoms with Gasteiger partial charge in [-0.1, -0.05) is 29.8 Å². The fourth-order valence-electron chi connectivity index (χ4n) is 2.07. The zero-order chi connectivity index (χ0) is 15.4. The number of methoxy groups -OCH3 is 1. The predicted octanol–water partition coefficient (Wildman–Crippen LogP) is 4.22. The Kier molecular flexibility index (Phi) is 4.70. The zero-order valence-electron chi connectivity index (χ0n) is 11.8. The van der Waals surface area contributed by atoms with Crippen molar-refractivity contribution >= 4 is 23.3 Å². The Hall–Kier alpha value is -2.20. The fraction of sp³-hybridized carbons (Fsp3) is 0.188. The molecule has 0 spiro atoms. The highest BCUT2D eigenvalue weighted by atomic mass is 35.5. The van der Waals surface area contributed by atoms with E-state index in [1.165, 1.54) is 0 Å². The quantitative estimate of drug-likeness (QED) is 0.868. The number of carboxylic acid groups (broad SMARTS) is 1. The van der Waals surface area contributed by atoms with Gasteiger partial charge in [0.25, 0.3) is 0 Å². The summed E-state index contributed by atoms with van der Waals surface area (Å²) in [5.41, 5.74) is 1.60. The lowest BCUT2D eigenvalue weighted by molar-refractivity contribution is 0.0698. The van der Waals surface area contributed by atoms with E-state index in [-0.39, 0.29) is 16.6 Å². The summed E-state index contributed by atoms with van der Waals surface area (Å²) in [5.74, 6) is -0.273. The first-order valence-electron chi connectivity index (χ1n) is 6.45. The highest BCUT2D eigenvalue weighted by Gasteiger charge is 2.16. The number of ether oxygens (including phenoxy) is 1. The van der Waals surface area contributed by atoms with Gasteiger partial charge in [0.2, 0.25) is 0 Å². The van der Waals surface area contributed by atoms with Gasteiger partial charge >= 0.3 is 5.97 Å². The Morgan fingerprint density at radius 1 is 1.24 bits per heavy atom. The molecule has 0 aliphatic heterocycles. The molecule has 0 bridgehead atoms. The van der Waals surface area contributed by atoms with Gasteiger partial charge in [-0.25, -0.2) is 4.79 Å². The number of benzene rings is 2. The number of carboxylic acids is 1. The minimum Gasteiger partial charge on any atom is -0.497 e. The first kappa shape index (κ1) is 15.2. The standard InChI is InChI=1S/C16H16ClNO3/c1-10(11-6-8-12(21-2)9-7-11)18-14-5-3-4-13(17)15(14)16(19)20/h3-10,18H,1-2H3,(H,19,20). The van der Waals surface area contributed by atoms with Crippen molar-refractivity contribution in [2.24, 2.45) is 0 Å². The summed E-state index contributed by atoms with van der Waals surface area (Å²) in [6.45, 7) is 1.95. The first-order chi connectivity index (χ1) is 10.0. The van der Waals surface area contributed by atoms with Crippen LogP contribution in [-0.4, -0.2) is 18.2 Å². The van der Waals surface area contributed by atoms with Crippen LogP contribution in [0.2, 0.25) is 5.02 Å². The Labute approximate surface area is 128 Å². The molecule has 4 nitrogen and oxygen atoms in total. The first-order valence-corrected chi connectivity index (χ1v) is 6.83. The summed E-state index contributed by atoms with van der Waals surface area (Å²) in [6, 6.07) is 12.5. The number of nitrogens with one attached hydrogen (secondary N) is 1. The van der Waals surface area contributed by atoms with Crippen LogP contribution < -0.4 is 10.1 Å². The molecule has 0 fully saturated rings. The largest absolute Gasteiger partial charge is 0.497 e. The molecule has 0 saturated carbocycles. The van der Waals surface area contributed by atoms with Crippen molar-refractivity contribution in [2.75, 3.05) is 12.4 Å². The third-order valence-corrected chi connectivity index (χ3v) is 3.53. The average molecular weight is 306 g/mol. The maximum atomic E-state index is 11.3. The van der Waals surface area contributed by atoms with Gasteiger partial charge in [-0.3, -0.25) is 0 Å². The van der Waals surface area contributed by atoms with Gasteiger partial charge in [0.15, 0.2) is 0 Å². The molecule has 1 unspecified atom stereocenters. The molecule has 1 atom stereocenters. The summed E-state index contributed by atoms with van der Waals surface area (Å²) < 4.78 is 5.12. The van der Waals surface area contributed by atoms with E-state index in [0.29, 0.717) is 5.69 Å². The second-order valence-electron chi connectivity index (χ2n) is 4.61. The van der Waals surface area contributed by atoms with Crippen LogP contribution in [0.25, 0.3) is 0 Å². The number of hydrogen-bond acceptors (Lipinski definition) is 3. The molecule has 0 aliphatic carbocycles. The normalized spacial score (nSPS) is 11.8. The van der Waals surface area contributed by atoms with E-state index in [0.717, 1.165) is 11.3 Å². The molecule has 2 aromatic carbocycles. The maximum absolute atomic E-state index is 11.3. The van der Waals surface area contributed by atoms with Gasteiger partial charge in [-0.15, -0.1) is 0 Å². The molecule has 2 rings (SSSR count). The Bertz CT molecular complexity index is 640.